The minimum Gasteiger partial charge on any atom is -0.481 e. The lowest BCUT2D eigenvalue weighted by Crippen LogP contribution is -2.06. The highest BCUT2D eigenvalue weighted by Gasteiger charge is 2.12. The van der Waals surface area contributed by atoms with Gasteiger partial charge in [0.15, 0.2) is 0 Å². The van der Waals surface area contributed by atoms with Crippen molar-refractivity contribution in [3.8, 4) is 23.5 Å². The maximum absolute atomic E-state index is 11.4. The van der Waals surface area contributed by atoms with Crippen molar-refractivity contribution >= 4 is 5.97 Å². The number of rotatable bonds is 6. The molecule has 1 heterocycles. The Morgan fingerprint density at radius 3 is 2.27 bits per heavy atom. The predicted octanol–water partition coefficient (Wildman–Crippen LogP) is 2.00. The summed E-state index contributed by atoms with van der Waals surface area (Å²) in [7, 11) is 4.30. The van der Waals surface area contributed by atoms with Crippen LogP contribution in [0.2, 0.25) is 0 Å². The van der Waals surface area contributed by atoms with E-state index in [1.165, 1.54) is 27.4 Å². The van der Waals surface area contributed by atoms with Crippen LogP contribution in [0.4, 0.5) is 0 Å². The second-order valence-electron chi connectivity index (χ2n) is 4.20. The number of para-hydroxylation sites is 1. The first-order valence-corrected chi connectivity index (χ1v) is 6.46. The molecule has 0 aliphatic carbocycles. The molecule has 0 aliphatic rings. The molecular weight excluding hydrogens is 288 g/mol. The first-order valence-electron chi connectivity index (χ1n) is 6.46. The molecule has 0 aliphatic heterocycles. The number of aromatic nitrogens is 2. The fourth-order valence-electron chi connectivity index (χ4n) is 1.71. The Kier molecular flexibility index (Phi) is 5.13. The Bertz CT molecular complexity index is 638. The number of esters is 1. The van der Waals surface area contributed by atoms with Crippen LogP contribution in [0.5, 0.6) is 23.5 Å². The van der Waals surface area contributed by atoms with E-state index in [9.17, 15) is 4.79 Å². The van der Waals surface area contributed by atoms with Crippen LogP contribution >= 0.6 is 0 Å². The van der Waals surface area contributed by atoms with Gasteiger partial charge in [-0.1, -0.05) is 18.2 Å². The maximum atomic E-state index is 11.4. The van der Waals surface area contributed by atoms with Crippen LogP contribution in [0.15, 0.2) is 30.3 Å². The molecular formula is C15H16N2O5. The zero-order valence-corrected chi connectivity index (χ0v) is 12.5. The van der Waals surface area contributed by atoms with Gasteiger partial charge in [-0.05, 0) is 6.07 Å². The van der Waals surface area contributed by atoms with Gasteiger partial charge in [-0.25, -0.2) is 0 Å². The third-order valence-electron chi connectivity index (χ3n) is 2.81. The SMILES string of the molecule is COC(=O)Cc1ccccc1Oc1nc(OC)cc(OC)n1. The van der Waals surface area contributed by atoms with Crippen molar-refractivity contribution in [2.45, 2.75) is 6.42 Å². The van der Waals surface area contributed by atoms with Gasteiger partial charge in [0.2, 0.25) is 11.8 Å². The minimum absolute atomic E-state index is 0.0634. The number of hydrogen-bond donors (Lipinski definition) is 0. The first kappa shape index (κ1) is 15.6. The van der Waals surface area contributed by atoms with E-state index in [0.29, 0.717) is 23.1 Å². The van der Waals surface area contributed by atoms with Crippen LogP contribution in [0.25, 0.3) is 0 Å². The molecule has 7 nitrogen and oxygen atoms in total. The summed E-state index contributed by atoms with van der Waals surface area (Å²) in [4.78, 5) is 19.6. The lowest BCUT2D eigenvalue weighted by atomic mass is 10.1. The molecule has 0 unspecified atom stereocenters. The van der Waals surface area contributed by atoms with Crippen LogP contribution < -0.4 is 14.2 Å². The molecule has 0 N–H and O–H groups in total. The summed E-state index contributed by atoms with van der Waals surface area (Å²) in [6.07, 6.45) is 0.0910. The molecule has 2 aromatic rings. The second-order valence-corrected chi connectivity index (χ2v) is 4.20. The molecule has 0 saturated carbocycles. The summed E-state index contributed by atoms with van der Waals surface area (Å²) in [5, 5.41) is 0. The average Bonchev–Trinajstić information content (AvgIpc) is 2.56. The van der Waals surface area contributed by atoms with Crippen LogP contribution in [-0.4, -0.2) is 37.3 Å². The number of hydrogen-bond acceptors (Lipinski definition) is 7. The van der Waals surface area contributed by atoms with Crippen molar-refractivity contribution in [3.05, 3.63) is 35.9 Å². The lowest BCUT2D eigenvalue weighted by molar-refractivity contribution is -0.139. The summed E-state index contributed by atoms with van der Waals surface area (Å²) < 4.78 is 20.4. The van der Waals surface area contributed by atoms with Gasteiger partial charge in [0.1, 0.15) is 5.75 Å². The number of benzene rings is 1. The van der Waals surface area contributed by atoms with Gasteiger partial charge >= 0.3 is 12.0 Å². The van der Waals surface area contributed by atoms with Crippen molar-refractivity contribution in [2.24, 2.45) is 0 Å². The molecule has 116 valence electrons. The molecule has 0 fully saturated rings. The molecule has 0 bridgehead atoms. The number of carbonyl (C=O) groups excluding carboxylic acids is 1. The van der Waals surface area contributed by atoms with Gasteiger partial charge in [0, 0.05) is 5.56 Å². The zero-order chi connectivity index (χ0) is 15.9. The number of ether oxygens (including phenoxy) is 4. The van der Waals surface area contributed by atoms with Crippen molar-refractivity contribution in [3.63, 3.8) is 0 Å². The topological polar surface area (TPSA) is 79.8 Å². The molecule has 0 atom stereocenters. The summed E-state index contributed by atoms with van der Waals surface area (Å²) in [5.41, 5.74) is 0.666. The smallest absolute Gasteiger partial charge is 0.328 e. The van der Waals surface area contributed by atoms with Crippen LogP contribution in [0.3, 0.4) is 0 Å². The Morgan fingerprint density at radius 2 is 1.68 bits per heavy atom. The van der Waals surface area contributed by atoms with Gasteiger partial charge < -0.3 is 18.9 Å². The second kappa shape index (κ2) is 7.26. The Morgan fingerprint density at radius 1 is 1.05 bits per heavy atom. The zero-order valence-electron chi connectivity index (χ0n) is 12.5. The van der Waals surface area contributed by atoms with E-state index in [1.807, 2.05) is 0 Å². The third-order valence-corrected chi connectivity index (χ3v) is 2.81. The lowest BCUT2D eigenvalue weighted by Gasteiger charge is -2.10. The number of carbonyl (C=O) groups is 1. The van der Waals surface area contributed by atoms with E-state index >= 15 is 0 Å². The van der Waals surface area contributed by atoms with Crippen LogP contribution in [0.1, 0.15) is 5.56 Å². The highest BCUT2D eigenvalue weighted by Crippen LogP contribution is 2.26. The van der Waals surface area contributed by atoms with E-state index in [-0.39, 0.29) is 18.4 Å². The van der Waals surface area contributed by atoms with Crippen molar-refractivity contribution in [1.82, 2.24) is 9.97 Å². The third kappa shape index (κ3) is 3.85. The number of nitrogens with zero attached hydrogens (tertiary/aromatic N) is 2. The molecule has 0 spiro atoms. The molecule has 0 radical (unpaired) electrons. The fraction of sp³-hybridized carbons (Fsp3) is 0.267. The average molecular weight is 304 g/mol. The van der Waals surface area contributed by atoms with Crippen molar-refractivity contribution in [2.75, 3.05) is 21.3 Å². The van der Waals surface area contributed by atoms with Gasteiger partial charge in [-0.3, -0.25) is 4.79 Å². The van der Waals surface area contributed by atoms with Gasteiger partial charge in [-0.2, -0.15) is 9.97 Å². The monoisotopic (exact) mass is 304 g/mol. The van der Waals surface area contributed by atoms with Crippen LogP contribution in [-0.2, 0) is 16.0 Å². The highest BCUT2D eigenvalue weighted by atomic mass is 16.5. The number of methoxy groups -OCH3 is 3. The van der Waals surface area contributed by atoms with Crippen molar-refractivity contribution < 1.29 is 23.7 Å². The summed E-state index contributed by atoms with van der Waals surface area (Å²) in [6.45, 7) is 0. The maximum Gasteiger partial charge on any atom is 0.328 e. The van der Waals surface area contributed by atoms with Gasteiger partial charge in [-0.15, -0.1) is 0 Å². The Balaban J connectivity index is 2.29. The summed E-state index contributed by atoms with van der Waals surface area (Å²) in [6, 6.07) is 8.67. The summed E-state index contributed by atoms with van der Waals surface area (Å²) >= 11 is 0. The van der Waals surface area contributed by atoms with Crippen molar-refractivity contribution in [1.29, 1.82) is 0 Å². The van der Waals surface area contributed by atoms with Crippen LogP contribution in [0, 0.1) is 0 Å². The normalized spacial score (nSPS) is 9.95. The molecule has 1 aromatic heterocycles. The van der Waals surface area contributed by atoms with E-state index < -0.39 is 0 Å². The summed E-state index contributed by atoms with van der Waals surface area (Å²) in [5.74, 6) is 0.725. The predicted molar refractivity (Wildman–Crippen MR) is 77.4 cm³/mol. The van der Waals surface area contributed by atoms with E-state index in [4.69, 9.17) is 14.2 Å². The Labute approximate surface area is 127 Å². The van der Waals surface area contributed by atoms with Gasteiger partial charge in [0.25, 0.3) is 0 Å². The van der Waals surface area contributed by atoms with E-state index in [0.717, 1.165) is 0 Å². The molecule has 1 aromatic carbocycles. The molecule has 0 saturated heterocycles. The quantitative estimate of drug-likeness (QED) is 0.755. The molecule has 7 heteroatoms. The van der Waals surface area contributed by atoms with Gasteiger partial charge in [0.05, 0.1) is 33.8 Å². The molecule has 0 amide bonds. The molecule has 2 rings (SSSR count). The largest absolute Gasteiger partial charge is 0.481 e. The van der Waals surface area contributed by atoms with E-state index in [1.54, 1.807) is 24.3 Å². The standard InChI is InChI=1S/C15H16N2O5/c1-19-12-9-13(20-2)17-15(16-12)22-11-7-5-4-6-10(11)8-14(18)21-3/h4-7,9H,8H2,1-3H3. The highest BCUT2D eigenvalue weighted by molar-refractivity contribution is 5.73. The molecule has 22 heavy (non-hydrogen) atoms. The Hall–Kier alpha value is -2.83. The minimum atomic E-state index is -0.361. The van der Waals surface area contributed by atoms with E-state index in [2.05, 4.69) is 14.7 Å². The first-order chi connectivity index (χ1) is 10.7. The fourth-order valence-corrected chi connectivity index (χ4v) is 1.71.